The van der Waals surface area contributed by atoms with Crippen LogP contribution in [0.25, 0.3) is 0 Å². The van der Waals surface area contributed by atoms with Gasteiger partial charge in [-0.3, -0.25) is 4.79 Å². The van der Waals surface area contributed by atoms with Gasteiger partial charge in [0.2, 0.25) is 0 Å². The molecule has 1 fully saturated rings. The van der Waals surface area contributed by atoms with E-state index in [1.807, 2.05) is 0 Å². The lowest BCUT2D eigenvalue weighted by atomic mass is 10.1. The average molecular weight is 284 g/mol. The lowest BCUT2D eigenvalue weighted by molar-refractivity contribution is 0.0747. The van der Waals surface area contributed by atoms with Crippen LogP contribution in [0.15, 0.2) is 18.2 Å². The Kier molecular flexibility index (Phi) is 4.09. The third kappa shape index (κ3) is 3.47. The molecule has 1 aromatic rings. The van der Waals surface area contributed by atoms with Crippen molar-refractivity contribution in [2.75, 3.05) is 6.54 Å². The summed E-state index contributed by atoms with van der Waals surface area (Å²) in [6.45, 7) is 0.415. The first-order valence-electron chi connectivity index (χ1n) is 6.03. The van der Waals surface area contributed by atoms with Crippen LogP contribution in [0.2, 0.25) is 0 Å². The Hall–Kier alpha value is -1.56. The molecule has 0 unspecified atom stereocenters. The number of benzene rings is 1. The van der Waals surface area contributed by atoms with Crippen molar-refractivity contribution in [2.45, 2.75) is 25.3 Å². The summed E-state index contributed by atoms with van der Waals surface area (Å²) in [7, 11) is 0. The first-order valence-corrected chi connectivity index (χ1v) is 6.44. The van der Waals surface area contributed by atoms with Crippen LogP contribution in [0.5, 0.6) is 0 Å². The van der Waals surface area contributed by atoms with Crippen molar-refractivity contribution in [3.05, 3.63) is 35.4 Å². The summed E-state index contributed by atoms with van der Waals surface area (Å²) in [6.07, 6.45) is 2.28. The third-order valence-corrected chi connectivity index (χ3v) is 3.22. The van der Waals surface area contributed by atoms with E-state index in [1.54, 1.807) is 4.90 Å². The molecule has 1 amide bonds. The van der Waals surface area contributed by atoms with E-state index in [0.29, 0.717) is 18.0 Å². The fraction of sp³-hybridized carbons (Fsp3) is 0.385. The van der Waals surface area contributed by atoms with Crippen LogP contribution >= 0.6 is 12.2 Å². The van der Waals surface area contributed by atoms with Gasteiger partial charge in [0.05, 0.1) is 4.99 Å². The minimum atomic E-state index is -1.02. The molecule has 0 aromatic heterocycles. The maximum atomic E-state index is 13.1. The van der Waals surface area contributed by atoms with E-state index in [-0.39, 0.29) is 17.5 Å². The maximum Gasteiger partial charge on any atom is 0.254 e. The Morgan fingerprint density at radius 3 is 2.58 bits per heavy atom. The number of carbonyl (C=O) groups is 1. The predicted octanol–water partition coefficient (Wildman–Crippen LogP) is 2.25. The van der Waals surface area contributed by atoms with E-state index in [4.69, 9.17) is 18.0 Å². The zero-order valence-electron chi connectivity index (χ0n) is 10.2. The Bertz CT molecular complexity index is 517. The van der Waals surface area contributed by atoms with E-state index in [0.717, 1.165) is 25.0 Å². The monoisotopic (exact) mass is 284 g/mol. The highest BCUT2D eigenvalue weighted by Crippen LogP contribution is 2.28. The number of rotatable bonds is 5. The zero-order valence-corrected chi connectivity index (χ0v) is 11.1. The van der Waals surface area contributed by atoms with Crippen LogP contribution in [0.4, 0.5) is 8.78 Å². The molecule has 19 heavy (non-hydrogen) atoms. The van der Waals surface area contributed by atoms with Crippen LogP contribution in [-0.4, -0.2) is 28.4 Å². The zero-order chi connectivity index (χ0) is 14.0. The van der Waals surface area contributed by atoms with E-state index in [2.05, 4.69) is 0 Å². The molecular formula is C13H14F2N2OS. The van der Waals surface area contributed by atoms with Crippen LogP contribution in [-0.2, 0) is 0 Å². The second-order valence-electron chi connectivity index (χ2n) is 4.57. The van der Waals surface area contributed by atoms with Gasteiger partial charge < -0.3 is 10.6 Å². The quantitative estimate of drug-likeness (QED) is 0.844. The van der Waals surface area contributed by atoms with Crippen molar-refractivity contribution in [3.63, 3.8) is 0 Å². The molecule has 0 spiro atoms. The summed E-state index contributed by atoms with van der Waals surface area (Å²) < 4.78 is 26.0. The summed E-state index contributed by atoms with van der Waals surface area (Å²) in [6, 6.07) is 3.33. The van der Waals surface area contributed by atoms with Gasteiger partial charge in [-0.05, 0) is 31.0 Å². The van der Waals surface area contributed by atoms with Gasteiger partial charge in [-0.15, -0.1) is 0 Å². The Labute approximate surface area is 115 Å². The van der Waals surface area contributed by atoms with Crippen LogP contribution in [0.1, 0.15) is 29.6 Å². The molecule has 0 bridgehead atoms. The molecule has 1 aliphatic carbocycles. The van der Waals surface area contributed by atoms with Crippen LogP contribution in [0.3, 0.4) is 0 Å². The fourth-order valence-electron chi connectivity index (χ4n) is 1.86. The summed E-state index contributed by atoms with van der Waals surface area (Å²) in [5, 5.41) is 0. The molecule has 1 aliphatic rings. The SMILES string of the molecule is NC(=S)CCN(C(=O)c1ccc(F)c(F)c1)C1CC1. The molecule has 6 heteroatoms. The van der Waals surface area contributed by atoms with Crippen molar-refractivity contribution < 1.29 is 13.6 Å². The Morgan fingerprint density at radius 2 is 2.05 bits per heavy atom. The molecule has 0 aliphatic heterocycles. The number of carbonyl (C=O) groups excluding carboxylic acids is 1. The number of amides is 1. The highest BCUT2D eigenvalue weighted by molar-refractivity contribution is 7.80. The topological polar surface area (TPSA) is 46.3 Å². The van der Waals surface area contributed by atoms with E-state index in [1.165, 1.54) is 6.07 Å². The largest absolute Gasteiger partial charge is 0.393 e. The molecule has 2 N–H and O–H groups in total. The van der Waals surface area contributed by atoms with Crippen molar-refractivity contribution >= 4 is 23.1 Å². The van der Waals surface area contributed by atoms with Gasteiger partial charge in [-0.2, -0.15) is 0 Å². The lowest BCUT2D eigenvalue weighted by Gasteiger charge is -2.22. The van der Waals surface area contributed by atoms with Gasteiger partial charge in [-0.1, -0.05) is 12.2 Å². The van der Waals surface area contributed by atoms with Crippen molar-refractivity contribution in [1.82, 2.24) is 4.90 Å². The average Bonchev–Trinajstić information content (AvgIpc) is 3.16. The van der Waals surface area contributed by atoms with E-state index in [9.17, 15) is 13.6 Å². The number of hydrogen-bond acceptors (Lipinski definition) is 2. The highest BCUT2D eigenvalue weighted by atomic mass is 32.1. The molecule has 0 atom stereocenters. The molecule has 0 saturated heterocycles. The van der Waals surface area contributed by atoms with Crippen molar-refractivity contribution in [2.24, 2.45) is 5.73 Å². The number of nitrogens with zero attached hydrogens (tertiary/aromatic N) is 1. The maximum absolute atomic E-state index is 13.1. The first-order chi connectivity index (χ1) is 8.99. The number of nitrogens with two attached hydrogens (primary N) is 1. The smallest absolute Gasteiger partial charge is 0.254 e. The molecular weight excluding hydrogens is 270 g/mol. The minimum absolute atomic E-state index is 0.147. The molecule has 0 radical (unpaired) electrons. The molecule has 0 heterocycles. The molecule has 1 aromatic carbocycles. The Morgan fingerprint density at radius 1 is 1.37 bits per heavy atom. The van der Waals surface area contributed by atoms with Crippen molar-refractivity contribution in [3.8, 4) is 0 Å². The van der Waals surface area contributed by atoms with E-state index >= 15 is 0 Å². The first kappa shape index (κ1) is 13.9. The summed E-state index contributed by atoms with van der Waals surface area (Å²) >= 11 is 4.79. The van der Waals surface area contributed by atoms with Gasteiger partial charge in [0.15, 0.2) is 11.6 Å². The molecule has 102 valence electrons. The van der Waals surface area contributed by atoms with Crippen LogP contribution < -0.4 is 5.73 Å². The summed E-state index contributed by atoms with van der Waals surface area (Å²) in [5.74, 6) is -2.29. The van der Waals surface area contributed by atoms with Crippen LogP contribution in [0, 0.1) is 11.6 Å². The summed E-state index contributed by atoms with van der Waals surface area (Å²) in [4.78, 5) is 14.2. The third-order valence-electron chi connectivity index (χ3n) is 3.01. The number of halogens is 2. The second kappa shape index (κ2) is 5.61. The fourth-order valence-corrected chi connectivity index (χ4v) is 1.95. The van der Waals surface area contributed by atoms with Gasteiger partial charge >= 0.3 is 0 Å². The van der Waals surface area contributed by atoms with E-state index < -0.39 is 11.6 Å². The molecule has 2 rings (SSSR count). The normalized spacial score (nSPS) is 14.2. The van der Waals surface area contributed by atoms with Gasteiger partial charge in [0, 0.05) is 24.6 Å². The van der Waals surface area contributed by atoms with Gasteiger partial charge in [-0.25, -0.2) is 8.78 Å². The highest BCUT2D eigenvalue weighted by Gasteiger charge is 2.33. The van der Waals surface area contributed by atoms with Gasteiger partial charge in [0.1, 0.15) is 0 Å². The number of hydrogen-bond donors (Lipinski definition) is 1. The minimum Gasteiger partial charge on any atom is -0.393 e. The number of thiocarbonyl (C=S) groups is 1. The van der Waals surface area contributed by atoms with Gasteiger partial charge in [0.25, 0.3) is 5.91 Å². The molecule has 3 nitrogen and oxygen atoms in total. The summed E-state index contributed by atoms with van der Waals surface area (Å²) in [5.41, 5.74) is 5.57. The molecule has 1 saturated carbocycles. The van der Waals surface area contributed by atoms with Crippen molar-refractivity contribution in [1.29, 1.82) is 0 Å². The lowest BCUT2D eigenvalue weighted by Crippen LogP contribution is -2.35. The Balaban J connectivity index is 2.14. The standard InChI is InChI=1S/C13H14F2N2OS/c14-10-4-1-8(7-11(10)15)13(18)17(9-2-3-9)6-5-12(16)19/h1,4,7,9H,2-3,5-6H2,(H2,16,19). The second-order valence-corrected chi connectivity index (χ2v) is 5.10. The predicted molar refractivity (Wildman–Crippen MR) is 71.8 cm³/mol.